The van der Waals surface area contributed by atoms with Crippen molar-refractivity contribution in [3.05, 3.63) is 137 Å². The molecule has 2 nitrogen and oxygen atoms in total. The van der Waals surface area contributed by atoms with Gasteiger partial charge in [-0.05, 0) is 46.7 Å². The van der Waals surface area contributed by atoms with Crippen LogP contribution >= 0.6 is 11.8 Å². The molecule has 1 aliphatic heterocycles. The summed E-state index contributed by atoms with van der Waals surface area (Å²) in [5.74, 6) is 0. The Balaban J connectivity index is 1.42. The van der Waals surface area contributed by atoms with Gasteiger partial charge < -0.3 is 4.74 Å². The second-order valence-corrected chi connectivity index (χ2v) is 10.1. The molecule has 1 unspecified atom stereocenters. The standard InChI is InChI=1S/C31H28F3NOS/c1-37-26-18-16-24(17-19-26)30(27-14-8-9-15-28(27)31(32,33)34)36-25-20-35(21-25)29(22-10-4-2-5-11-22)23-12-6-3-7-13-23/h2-19,25,29-30H,20-21H2,1H3. The number of halogens is 3. The van der Waals surface area contributed by atoms with Gasteiger partial charge in [-0.1, -0.05) is 91.0 Å². The lowest BCUT2D eigenvalue weighted by molar-refractivity contribution is -0.141. The molecule has 1 aliphatic rings. The third kappa shape index (κ3) is 5.77. The van der Waals surface area contributed by atoms with Gasteiger partial charge in [-0.2, -0.15) is 13.2 Å². The highest BCUT2D eigenvalue weighted by molar-refractivity contribution is 7.98. The summed E-state index contributed by atoms with van der Waals surface area (Å²) < 4.78 is 48.3. The van der Waals surface area contributed by atoms with E-state index in [-0.39, 0.29) is 17.7 Å². The molecule has 0 N–H and O–H groups in total. The number of thioether (sulfide) groups is 1. The molecule has 0 saturated carbocycles. The van der Waals surface area contributed by atoms with Crippen LogP contribution in [0.1, 0.15) is 40.0 Å². The van der Waals surface area contributed by atoms with Crippen LogP contribution in [0.25, 0.3) is 0 Å². The summed E-state index contributed by atoms with van der Waals surface area (Å²) in [4.78, 5) is 3.37. The van der Waals surface area contributed by atoms with Crippen LogP contribution < -0.4 is 0 Å². The lowest BCUT2D eigenvalue weighted by Crippen LogP contribution is -2.54. The van der Waals surface area contributed by atoms with Crippen molar-refractivity contribution in [2.75, 3.05) is 19.3 Å². The van der Waals surface area contributed by atoms with Crippen LogP contribution in [0.3, 0.4) is 0 Å². The SMILES string of the molecule is CSc1ccc(C(OC2CN(C(c3ccccc3)c3ccccc3)C2)c2ccccc2C(F)(F)F)cc1. The van der Waals surface area contributed by atoms with E-state index in [4.69, 9.17) is 4.74 Å². The van der Waals surface area contributed by atoms with Crippen LogP contribution in [0.2, 0.25) is 0 Å². The molecular weight excluding hydrogens is 491 g/mol. The summed E-state index contributed by atoms with van der Waals surface area (Å²) in [5.41, 5.74) is 2.57. The number of ether oxygens (including phenoxy) is 1. The number of alkyl halides is 3. The lowest BCUT2D eigenvalue weighted by atomic mass is 9.93. The quantitative estimate of drug-likeness (QED) is 0.219. The van der Waals surface area contributed by atoms with Crippen molar-refractivity contribution in [1.82, 2.24) is 4.90 Å². The Morgan fingerprint density at radius 1 is 0.730 bits per heavy atom. The molecule has 1 saturated heterocycles. The zero-order chi connectivity index (χ0) is 25.8. The predicted octanol–water partition coefficient (Wildman–Crippen LogP) is 8.01. The molecule has 0 aromatic heterocycles. The molecule has 1 atom stereocenters. The first-order chi connectivity index (χ1) is 17.9. The third-order valence-corrected chi connectivity index (χ3v) is 7.51. The molecule has 0 spiro atoms. The zero-order valence-corrected chi connectivity index (χ0v) is 21.3. The Morgan fingerprint density at radius 2 is 1.27 bits per heavy atom. The third-order valence-electron chi connectivity index (χ3n) is 6.77. The van der Waals surface area contributed by atoms with Gasteiger partial charge in [0, 0.05) is 18.0 Å². The van der Waals surface area contributed by atoms with Crippen molar-refractivity contribution < 1.29 is 17.9 Å². The molecule has 1 heterocycles. The molecule has 0 bridgehead atoms. The van der Waals surface area contributed by atoms with Gasteiger partial charge in [0.1, 0.15) is 6.10 Å². The molecule has 37 heavy (non-hydrogen) atoms. The van der Waals surface area contributed by atoms with Crippen LogP contribution in [0.15, 0.2) is 114 Å². The van der Waals surface area contributed by atoms with E-state index in [0.717, 1.165) is 16.5 Å². The monoisotopic (exact) mass is 519 g/mol. The molecule has 4 aromatic carbocycles. The fourth-order valence-corrected chi connectivity index (χ4v) is 5.35. The number of rotatable bonds is 8. The molecule has 0 radical (unpaired) electrons. The summed E-state index contributed by atoms with van der Waals surface area (Å²) in [7, 11) is 0. The highest BCUT2D eigenvalue weighted by atomic mass is 32.2. The van der Waals surface area contributed by atoms with E-state index >= 15 is 0 Å². The van der Waals surface area contributed by atoms with Gasteiger partial charge in [0.15, 0.2) is 0 Å². The fraction of sp³-hybridized carbons (Fsp3) is 0.226. The van der Waals surface area contributed by atoms with Crippen molar-refractivity contribution in [1.29, 1.82) is 0 Å². The van der Waals surface area contributed by atoms with Crippen molar-refractivity contribution in [2.24, 2.45) is 0 Å². The number of likely N-dealkylation sites (tertiary alicyclic amines) is 1. The smallest absolute Gasteiger partial charge is 0.363 e. The zero-order valence-electron chi connectivity index (χ0n) is 20.4. The van der Waals surface area contributed by atoms with Gasteiger partial charge in [0.25, 0.3) is 0 Å². The molecule has 5 rings (SSSR count). The van der Waals surface area contributed by atoms with Crippen LogP contribution in [-0.4, -0.2) is 30.3 Å². The topological polar surface area (TPSA) is 12.5 Å². The predicted molar refractivity (Wildman–Crippen MR) is 143 cm³/mol. The van der Waals surface area contributed by atoms with E-state index in [1.54, 1.807) is 17.8 Å². The summed E-state index contributed by atoms with van der Waals surface area (Å²) in [6.07, 6.45) is -3.50. The maximum atomic E-state index is 14.0. The van der Waals surface area contributed by atoms with Gasteiger partial charge in [-0.15, -0.1) is 11.8 Å². The molecule has 4 aromatic rings. The van der Waals surface area contributed by atoms with E-state index in [9.17, 15) is 13.2 Å². The normalized spacial score (nSPS) is 15.5. The second-order valence-electron chi connectivity index (χ2n) is 9.17. The minimum absolute atomic E-state index is 0.0593. The number of benzene rings is 4. The highest BCUT2D eigenvalue weighted by Crippen LogP contribution is 2.41. The number of nitrogens with zero attached hydrogens (tertiary/aromatic N) is 1. The van der Waals surface area contributed by atoms with Crippen LogP contribution in [0, 0.1) is 0 Å². The average molecular weight is 520 g/mol. The highest BCUT2D eigenvalue weighted by Gasteiger charge is 2.39. The summed E-state index contributed by atoms with van der Waals surface area (Å²) in [6.45, 7) is 1.25. The largest absolute Gasteiger partial charge is 0.416 e. The van der Waals surface area contributed by atoms with Crippen molar-refractivity contribution >= 4 is 11.8 Å². The van der Waals surface area contributed by atoms with Gasteiger partial charge in [0.05, 0.1) is 17.7 Å². The molecular formula is C31H28F3NOS. The van der Waals surface area contributed by atoms with Crippen molar-refractivity contribution in [3.8, 4) is 0 Å². The van der Waals surface area contributed by atoms with E-state index in [1.807, 2.05) is 66.9 Å². The molecule has 6 heteroatoms. The molecule has 190 valence electrons. The van der Waals surface area contributed by atoms with Crippen LogP contribution in [0.4, 0.5) is 13.2 Å². The Morgan fingerprint density at radius 3 is 1.81 bits per heavy atom. The molecule has 1 fully saturated rings. The van der Waals surface area contributed by atoms with Gasteiger partial charge in [0.2, 0.25) is 0 Å². The fourth-order valence-electron chi connectivity index (χ4n) is 4.94. The Kier molecular flexibility index (Phi) is 7.70. The van der Waals surface area contributed by atoms with E-state index < -0.39 is 17.8 Å². The maximum absolute atomic E-state index is 14.0. The van der Waals surface area contributed by atoms with Gasteiger partial charge in [-0.25, -0.2) is 0 Å². The molecule has 0 aliphatic carbocycles. The first-order valence-corrected chi connectivity index (χ1v) is 13.5. The van der Waals surface area contributed by atoms with Gasteiger partial charge >= 0.3 is 6.18 Å². The Hall–Kier alpha value is -3.06. The maximum Gasteiger partial charge on any atom is 0.416 e. The summed E-state index contributed by atoms with van der Waals surface area (Å²) in [6, 6.07) is 34.0. The van der Waals surface area contributed by atoms with E-state index in [2.05, 4.69) is 29.2 Å². The first-order valence-electron chi connectivity index (χ1n) is 12.2. The number of hydrogen-bond donors (Lipinski definition) is 0. The second kappa shape index (κ2) is 11.1. The minimum Gasteiger partial charge on any atom is -0.363 e. The van der Waals surface area contributed by atoms with E-state index in [0.29, 0.717) is 13.1 Å². The van der Waals surface area contributed by atoms with Crippen molar-refractivity contribution in [3.63, 3.8) is 0 Å². The summed E-state index contributed by atoms with van der Waals surface area (Å²) in [5, 5.41) is 0. The molecule has 0 amide bonds. The minimum atomic E-state index is -4.46. The lowest BCUT2D eigenvalue weighted by Gasteiger charge is -2.45. The van der Waals surface area contributed by atoms with Crippen LogP contribution in [0.5, 0.6) is 0 Å². The Bertz CT molecular complexity index is 1250. The van der Waals surface area contributed by atoms with E-state index in [1.165, 1.54) is 23.3 Å². The van der Waals surface area contributed by atoms with Crippen LogP contribution in [-0.2, 0) is 10.9 Å². The van der Waals surface area contributed by atoms with Gasteiger partial charge in [-0.3, -0.25) is 4.90 Å². The number of hydrogen-bond acceptors (Lipinski definition) is 3. The summed E-state index contributed by atoms with van der Waals surface area (Å²) >= 11 is 1.59. The Labute approximate surface area is 220 Å². The average Bonchev–Trinajstić information content (AvgIpc) is 2.90. The van der Waals surface area contributed by atoms with Crippen molar-refractivity contribution in [2.45, 2.75) is 29.3 Å². The first kappa shape index (κ1) is 25.6.